The highest BCUT2D eigenvalue weighted by molar-refractivity contribution is 5.95. The predicted molar refractivity (Wildman–Crippen MR) is 130 cm³/mol. The molecule has 2 fully saturated rings. The van der Waals surface area contributed by atoms with Crippen molar-refractivity contribution in [3.63, 3.8) is 0 Å². The van der Waals surface area contributed by atoms with Crippen molar-refractivity contribution in [2.75, 3.05) is 39.4 Å². The Balaban J connectivity index is 1.28. The lowest BCUT2D eigenvalue weighted by atomic mass is 9.89. The van der Waals surface area contributed by atoms with E-state index in [1.54, 1.807) is 41.3 Å². The number of carbonyl (C=O) groups is 1. The monoisotopic (exact) mass is 478 g/mol. The van der Waals surface area contributed by atoms with Crippen molar-refractivity contribution >= 4 is 5.91 Å². The van der Waals surface area contributed by atoms with Gasteiger partial charge < -0.3 is 9.64 Å². The first kappa shape index (κ1) is 23.6. The van der Waals surface area contributed by atoms with Crippen LogP contribution in [0.25, 0.3) is 17.2 Å². The van der Waals surface area contributed by atoms with Gasteiger partial charge >= 0.3 is 0 Å². The van der Waals surface area contributed by atoms with E-state index in [1.807, 2.05) is 11.8 Å². The van der Waals surface area contributed by atoms with E-state index in [4.69, 9.17) is 4.74 Å². The van der Waals surface area contributed by atoms with Gasteiger partial charge in [-0.3, -0.25) is 9.69 Å². The van der Waals surface area contributed by atoms with Crippen LogP contribution in [0.1, 0.15) is 35.8 Å². The third-order valence-electron chi connectivity index (χ3n) is 7.35. The van der Waals surface area contributed by atoms with Crippen LogP contribution < -0.4 is 0 Å². The zero-order valence-electron chi connectivity index (χ0n) is 20.2. The summed E-state index contributed by atoms with van der Waals surface area (Å²) in [6, 6.07) is 8.64. The predicted octanol–water partition coefficient (Wildman–Crippen LogP) is 3.35. The number of aromatic nitrogens is 4. The van der Waals surface area contributed by atoms with Crippen molar-refractivity contribution in [3.05, 3.63) is 59.8 Å². The standard InChI is InChI=1S/C26H31FN6O2/c1-18(31-13-15-35-16-14-31)20-8-11-32(12-9-20)25(34)22-17-29-33(19(22)2)26-28-10-7-24(30-26)21-5-3-4-6-23(21)27/h3-7,10,17-18,20H,8-9,11-16H2,1-2H3/t18-/m0/s1. The van der Waals surface area contributed by atoms with E-state index in [2.05, 4.69) is 26.9 Å². The molecule has 3 aromatic rings. The van der Waals surface area contributed by atoms with Crippen LogP contribution in [-0.2, 0) is 4.74 Å². The van der Waals surface area contributed by atoms with Crippen LogP contribution in [0.5, 0.6) is 0 Å². The fourth-order valence-corrected chi connectivity index (χ4v) is 5.13. The number of carbonyl (C=O) groups excluding carboxylic acids is 1. The molecular formula is C26H31FN6O2. The Morgan fingerprint density at radius 3 is 2.60 bits per heavy atom. The first-order chi connectivity index (χ1) is 17.0. The molecule has 1 atom stereocenters. The SMILES string of the molecule is Cc1c(C(=O)N2CCC([C@H](C)N3CCOCC3)CC2)cnn1-c1nccc(-c2ccccc2F)n1. The van der Waals surface area contributed by atoms with Crippen molar-refractivity contribution in [2.45, 2.75) is 32.7 Å². The fourth-order valence-electron chi connectivity index (χ4n) is 5.13. The molecule has 35 heavy (non-hydrogen) atoms. The summed E-state index contributed by atoms with van der Waals surface area (Å²) < 4.78 is 21.3. The van der Waals surface area contributed by atoms with Gasteiger partial charge in [0, 0.05) is 44.0 Å². The number of halogens is 1. The molecule has 0 aliphatic carbocycles. The van der Waals surface area contributed by atoms with Crippen LogP contribution in [0.2, 0.25) is 0 Å². The van der Waals surface area contributed by atoms with Gasteiger partial charge in [0.2, 0.25) is 0 Å². The lowest BCUT2D eigenvalue weighted by Crippen LogP contribution is -2.49. The van der Waals surface area contributed by atoms with Gasteiger partial charge in [0.15, 0.2) is 0 Å². The molecule has 0 unspecified atom stereocenters. The summed E-state index contributed by atoms with van der Waals surface area (Å²) in [7, 11) is 0. The van der Waals surface area contributed by atoms with Gasteiger partial charge in [-0.25, -0.2) is 19.0 Å². The highest BCUT2D eigenvalue weighted by atomic mass is 19.1. The number of ether oxygens (including phenoxy) is 1. The van der Waals surface area contributed by atoms with Crippen LogP contribution >= 0.6 is 0 Å². The van der Waals surface area contributed by atoms with Crippen LogP contribution in [-0.4, -0.2) is 80.9 Å². The number of morpholine rings is 1. The van der Waals surface area contributed by atoms with E-state index in [0.717, 1.165) is 52.2 Å². The Hall–Kier alpha value is -3.17. The Labute approximate surface area is 204 Å². The zero-order valence-corrected chi connectivity index (χ0v) is 20.2. The van der Waals surface area contributed by atoms with Gasteiger partial charge in [-0.2, -0.15) is 5.10 Å². The maximum atomic E-state index is 14.2. The molecule has 2 aliphatic rings. The van der Waals surface area contributed by atoms with E-state index in [0.29, 0.717) is 40.4 Å². The number of hydrogen-bond donors (Lipinski definition) is 0. The average Bonchev–Trinajstić information content (AvgIpc) is 3.30. The largest absolute Gasteiger partial charge is 0.379 e. The third kappa shape index (κ3) is 4.83. The molecule has 2 aromatic heterocycles. The van der Waals surface area contributed by atoms with Gasteiger partial charge in [-0.05, 0) is 50.8 Å². The molecule has 4 heterocycles. The summed E-state index contributed by atoms with van der Waals surface area (Å²) in [5.74, 6) is 0.517. The fraction of sp³-hybridized carbons (Fsp3) is 0.462. The molecule has 8 nitrogen and oxygen atoms in total. The van der Waals surface area contributed by atoms with Gasteiger partial charge in [-0.15, -0.1) is 0 Å². The van der Waals surface area contributed by atoms with Crippen LogP contribution in [0, 0.1) is 18.7 Å². The molecule has 0 spiro atoms. The lowest BCUT2D eigenvalue weighted by molar-refractivity contribution is -0.000955. The third-order valence-corrected chi connectivity index (χ3v) is 7.35. The van der Waals surface area contributed by atoms with Crippen molar-refractivity contribution in [1.82, 2.24) is 29.5 Å². The Morgan fingerprint density at radius 2 is 1.86 bits per heavy atom. The number of benzene rings is 1. The van der Waals surface area contributed by atoms with E-state index in [1.165, 1.54) is 6.07 Å². The molecule has 1 amide bonds. The molecular weight excluding hydrogens is 447 g/mol. The number of rotatable bonds is 5. The van der Waals surface area contributed by atoms with Crippen LogP contribution in [0.4, 0.5) is 4.39 Å². The molecule has 9 heteroatoms. The number of amides is 1. The first-order valence-electron chi connectivity index (χ1n) is 12.3. The minimum atomic E-state index is -0.350. The minimum absolute atomic E-state index is 0.0171. The molecule has 0 saturated carbocycles. The molecule has 5 rings (SSSR count). The molecule has 0 radical (unpaired) electrons. The first-order valence-corrected chi connectivity index (χ1v) is 12.3. The maximum absolute atomic E-state index is 14.2. The zero-order chi connectivity index (χ0) is 24.4. The number of nitrogens with zero attached hydrogens (tertiary/aromatic N) is 6. The second-order valence-corrected chi connectivity index (χ2v) is 9.30. The Kier molecular flexibility index (Phi) is 6.88. The van der Waals surface area contributed by atoms with Crippen LogP contribution in [0.15, 0.2) is 42.7 Å². The Morgan fingerprint density at radius 1 is 1.11 bits per heavy atom. The number of piperidine rings is 1. The highest BCUT2D eigenvalue weighted by Gasteiger charge is 2.31. The van der Waals surface area contributed by atoms with E-state index in [9.17, 15) is 9.18 Å². The normalized spacial score (nSPS) is 18.5. The molecule has 0 N–H and O–H groups in total. The molecule has 0 bridgehead atoms. The van der Waals surface area contributed by atoms with E-state index >= 15 is 0 Å². The van der Waals surface area contributed by atoms with Crippen molar-refractivity contribution in [2.24, 2.45) is 5.92 Å². The van der Waals surface area contributed by atoms with Gasteiger partial charge in [0.25, 0.3) is 11.9 Å². The van der Waals surface area contributed by atoms with Crippen molar-refractivity contribution in [1.29, 1.82) is 0 Å². The summed E-state index contributed by atoms with van der Waals surface area (Å²) in [6.07, 6.45) is 5.14. The summed E-state index contributed by atoms with van der Waals surface area (Å²) in [5, 5.41) is 4.40. The summed E-state index contributed by atoms with van der Waals surface area (Å²) in [6.45, 7) is 9.20. The van der Waals surface area contributed by atoms with Crippen LogP contribution in [0.3, 0.4) is 0 Å². The quantitative estimate of drug-likeness (QED) is 0.560. The second-order valence-electron chi connectivity index (χ2n) is 9.30. The smallest absolute Gasteiger partial charge is 0.257 e. The summed E-state index contributed by atoms with van der Waals surface area (Å²) >= 11 is 0. The average molecular weight is 479 g/mol. The molecule has 1 aromatic carbocycles. The Bertz CT molecular complexity index is 1180. The molecule has 2 aliphatic heterocycles. The molecule has 2 saturated heterocycles. The number of hydrogen-bond acceptors (Lipinski definition) is 6. The van der Waals surface area contributed by atoms with Gasteiger partial charge in [-0.1, -0.05) is 12.1 Å². The lowest BCUT2D eigenvalue weighted by Gasteiger charge is -2.41. The van der Waals surface area contributed by atoms with E-state index in [-0.39, 0.29) is 11.7 Å². The van der Waals surface area contributed by atoms with Crippen molar-refractivity contribution in [3.8, 4) is 17.2 Å². The number of likely N-dealkylation sites (tertiary alicyclic amines) is 1. The summed E-state index contributed by atoms with van der Waals surface area (Å²) in [4.78, 5) is 26.6. The highest BCUT2D eigenvalue weighted by Crippen LogP contribution is 2.27. The van der Waals surface area contributed by atoms with Gasteiger partial charge in [0.1, 0.15) is 5.82 Å². The van der Waals surface area contributed by atoms with Crippen molar-refractivity contribution < 1.29 is 13.9 Å². The topological polar surface area (TPSA) is 76.4 Å². The summed E-state index contributed by atoms with van der Waals surface area (Å²) in [5.41, 5.74) is 2.08. The van der Waals surface area contributed by atoms with Gasteiger partial charge in [0.05, 0.1) is 36.4 Å². The molecule has 184 valence electrons. The minimum Gasteiger partial charge on any atom is -0.379 e. The second kappa shape index (κ2) is 10.2. The van der Waals surface area contributed by atoms with E-state index < -0.39 is 0 Å². The maximum Gasteiger partial charge on any atom is 0.257 e.